The van der Waals surface area contributed by atoms with Gasteiger partial charge in [-0.1, -0.05) is 60.7 Å². The van der Waals surface area contributed by atoms with Crippen LogP contribution in [0.15, 0.2) is 60.7 Å². The van der Waals surface area contributed by atoms with E-state index in [0.717, 1.165) is 0 Å². The van der Waals surface area contributed by atoms with Gasteiger partial charge < -0.3 is 4.57 Å². The van der Waals surface area contributed by atoms with Crippen LogP contribution in [-0.2, 0) is 4.57 Å². The smallest absolute Gasteiger partial charge is 0.313 e. The molecule has 0 fully saturated rings. The number of benzene rings is 2. The van der Waals surface area contributed by atoms with E-state index in [-0.39, 0.29) is 10.6 Å². The first kappa shape index (κ1) is 26.6. The van der Waals surface area contributed by atoms with Crippen molar-refractivity contribution in [3.63, 3.8) is 0 Å². The molecule has 0 aliphatic carbocycles. The predicted molar refractivity (Wildman–Crippen MR) is 104 cm³/mol. The molecule has 0 saturated carbocycles. The zero-order valence-electron chi connectivity index (χ0n) is 16.1. The SMILES string of the molecule is O=P(c1ccccc1)(c1ccccc1)C(CCCl)CC(F)(F)C(F)(F)C(F)(F)C(F)(F)F. The fourth-order valence-corrected chi connectivity index (χ4v) is 7.01. The second-order valence-corrected chi connectivity index (χ2v) is 10.5. The first-order chi connectivity index (χ1) is 14.6. The Morgan fingerprint density at radius 1 is 0.719 bits per heavy atom. The minimum Gasteiger partial charge on any atom is -0.313 e. The average molecular weight is 511 g/mol. The monoisotopic (exact) mass is 510 g/mol. The van der Waals surface area contributed by atoms with Crippen LogP contribution in [0.25, 0.3) is 0 Å². The van der Waals surface area contributed by atoms with Crippen LogP contribution in [0, 0.1) is 0 Å². The summed E-state index contributed by atoms with van der Waals surface area (Å²) in [4.78, 5) is 0. The van der Waals surface area contributed by atoms with E-state index in [9.17, 15) is 44.1 Å². The minimum absolute atomic E-state index is 0.0528. The summed E-state index contributed by atoms with van der Waals surface area (Å²) < 4.78 is 135. The summed E-state index contributed by atoms with van der Waals surface area (Å²) >= 11 is 5.60. The Morgan fingerprint density at radius 2 is 1.12 bits per heavy atom. The zero-order valence-corrected chi connectivity index (χ0v) is 17.8. The quantitative estimate of drug-likeness (QED) is 0.205. The molecule has 0 heterocycles. The second-order valence-electron chi connectivity index (χ2n) is 7.02. The molecule has 0 aliphatic heterocycles. The molecular formula is C20H17ClF9OP. The zero-order chi connectivity index (χ0) is 24.4. The van der Waals surface area contributed by atoms with Crippen molar-refractivity contribution < 1.29 is 44.1 Å². The molecule has 12 heteroatoms. The molecule has 0 spiro atoms. The summed E-state index contributed by atoms with van der Waals surface area (Å²) in [7, 11) is -4.23. The molecule has 2 aromatic rings. The summed E-state index contributed by atoms with van der Waals surface area (Å²) in [5.74, 6) is -20.1. The molecule has 0 aromatic heterocycles. The third-order valence-corrected chi connectivity index (χ3v) is 8.76. The van der Waals surface area contributed by atoms with Crippen molar-refractivity contribution in [3.05, 3.63) is 60.7 Å². The Labute approximate surface area is 182 Å². The van der Waals surface area contributed by atoms with E-state index < -0.39 is 55.5 Å². The second kappa shape index (κ2) is 9.29. The predicted octanol–water partition coefficient (Wildman–Crippen LogP) is 6.86. The van der Waals surface area contributed by atoms with Gasteiger partial charge in [-0.05, 0) is 6.42 Å². The number of hydrogen-bond donors (Lipinski definition) is 0. The highest BCUT2D eigenvalue weighted by atomic mass is 35.5. The molecule has 32 heavy (non-hydrogen) atoms. The van der Waals surface area contributed by atoms with E-state index in [2.05, 4.69) is 0 Å². The van der Waals surface area contributed by atoms with Gasteiger partial charge in [-0.25, -0.2) is 0 Å². The normalized spacial score (nSPS) is 14.9. The lowest BCUT2D eigenvalue weighted by molar-refractivity contribution is -0.396. The van der Waals surface area contributed by atoms with Crippen molar-refractivity contribution in [2.24, 2.45) is 0 Å². The Hall–Kier alpha value is -1.67. The molecule has 2 rings (SSSR count). The Bertz CT molecular complexity index is 890. The van der Waals surface area contributed by atoms with E-state index in [4.69, 9.17) is 11.6 Å². The Morgan fingerprint density at radius 3 is 1.47 bits per heavy atom. The summed E-state index contributed by atoms with van der Waals surface area (Å²) in [5.41, 5.74) is -1.95. The lowest BCUT2D eigenvalue weighted by Crippen LogP contribution is -2.61. The van der Waals surface area contributed by atoms with Crippen molar-refractivity contribution in [1.29, 1.82) is 0 Å². The van der Waals surface area contributed by atoms with Gasteiger partial charge in [0, 0.05) is 28.6 Å². The molecule has 0 radical (unpaired) electrons. The fraction of sp³-hybridized carbons (Fsp3) is 0.400. The molecule has 0 aliphatic rings. The maximum Gasteiger partial charge on any atom is 0.460 e. The molecule has 178 valence electrons. The van der Waals surface area contributed by atoms with Gasteiger partial charge in [-0.3, -0.25) is 0 Å². The summed E-state index contributed by atoms with van der Waals surface area (Å²) in [5, 5.41) is -0.106. The van der Waals surface area contributed by atoms with Crippen LogP contribution >= 0.6 is 18.7 Å². The van der Waals surface area contributed by atoms with Crippen molar-refractivity contribution >= 4 is 29.4 Å². The van der Waals surface area contributed by atoms with E-state index in [1.54, 1.807) is 0 Å². The topological polar surface area (TPSA) is 17.1 Å². The fourth-order valence-electron chi connectivity index (χ4n) is 3.24. The highest BCUT2D eigenvalue weighted by Crippen LogP contribution is 2.59. The van der Waals surface area contributed by atoms with Crippen molar-refractivity contribution in [3.8, 4) is 0 Å². The van der Waals surface area contributed by atoms with Gasteiger partial charge in [0.2, 0.25) is 0 Å². The van der Waals surface area contributed by atoms with E-state index in [0.29, 0.717) is 0 Å². The standard InChI is InChI=1S/C20H17ClF9OP/c21-12-11-16(13-17(22,23)18(24,25)19(26,27)20(28,29)30)32(31,14-7-3-1-4-8-14)15-9-5-2-6-10-15/h1-10,16H,11-13H2. The summed E-state index contributed by atoms with van der Waals surface area (Å²) in [6, 6.07) is 13.7. The van der Waals surface area contributed by atoms with Crippen LogP contribution in [-0.4, -0.2) is 35.5 Å². The minimum atomic E-state index is -7.02. The lowest BCUT2D eigenvalue weighted by Gasteiger charge is -2.37. The molecule has 0 bridgehead atoms. The number of alkyl halides is 10. The van der Waals surface area contributed by atoms with Gasteiger partial charge >= 0.3 is 23.9 Å². The highest BCUT2D eigenvalue weighted by molar-refractivity contribution is 7.79. The van der Waals surface area contributed by atoms with Crippen LogP contribution in [0.2, 0.25) is 0 Å². The molecule has 1 nitrogen and oxygen atoms in total. The average Bonchev–Trinajstić information content (AvgIpc) is 2.73. The molecule has 0 saturated heterocycles. The van der Waals surface area contributed by atoms with Crippen molar-refractivity contribution in [1.82, 2.24) is 0 Å². The van der Waals surface area contributed by atoms with Gasteiger partial charge in [-0.2, -0.15) is 39.5 Å². The van der Waals surface area contributed by atoms with E-state index >= 15 is 0 Å². The molecule has 1 unspecified atom stereocenters. The van der Waals surface area contributed by atoms with Crippen LogP contribution < -0.4 is 10.6 Å². The van der Waals surface area contributed by atoms with Crippen LogP contribution in [0.5, 0.6) is 0 Å². The third-order valence-electron chi connectivity index (χ3n) is 4.94. The largest absolute Gasteiger partial charge is 0.460 e. The molecule has 0 amide bonds. The highest BCUT2D eigenvalue weighted by Gasteiger charge is 2.81. The molecule has 0 N–H and O–H groups in total. The molecule has 1 atom stereocenters. The van der Waals surface area contributed by atoms with Gasteiger partial charge in [0.25, 0.3) is 0 Å². The number of halogens is 10. The first-order valence-electron chi connectivity index (χ1n) is 9.10. The number of hydrogen-bond acceptors (Lipinski definition) is 1. The molecular weight excluding hydrogens is 494 g/mol. The summed E-state index contributed by atoms with van der Waals surface area (Å²) in [6.45, 7) is 0. The van der Waals surface area contributed by atoms with E-state index in [1.165, 1.54) is 60.7 Å². The van der Waals surface area contributed by atoms with Gasteiger partial charge in [0.05, 0.1) is 0 Å². The van der Waals surface area contributed by atoms with Crippen LogP contribution in [0.4, 0.5) is 39.5 Å². The Balaban J connectivity index is 2.63. The maximum atomic E-state index is 14.5. The van der Waals surface area contributed by atoms with Gasteiger partial charge in [-0.15, -0.1) is 11.6 Å². The summed E-state index contributed by atoms with van der Waals surface area (Å²) in [6.07, 6.45) is -9.74. The molecule has 2 aromatic carbocycles. The van der Waals surface area contributed by atoms with Gasteiger partial charge in [0.15, 0.2) is 0 Å². The van der Waals surface area contributed by atoms with Crippen molar-refractivity contribution in [2.75, 3.05) is 5.88 Å². The van der Waals surface area contributed by atoms with Crippen molar-refractivity contribution in [2.45, 2.75) is 42.4 Å². The van der Waals surface area contributed by atoms with Crippen LogP contribution in [0.1, 0.15) is 12.8 Å². The number of rotatable bonds is 9. The Kier molecular flexibility index (Phi) is 7.72. The van der Waals surface area contributed by atoms with Crippen LogP contribution in [0.3, 0.4) is 0 Å². The lowest BCUT2D eigenvalue weighted by atomic mass is 9.98. The van der Waals surface area contributed by atoms with E-state index in [1.807, 2.05) is 0 Å². The first-order valence-corrected chi connectivity index (χ1v) is 11.4. The van der Waals surface area contributed by atoms with Gasteiger partial charge in [0.1, 0.15) is 7.14 Å². The maximum absolute atomic E-state index is 14.5. The third kappa shape index (κ3) is 4.67.